The first-order valence-electron chi connectivity index (χ1n) is 10.2. The molecule has 0 saturated carbocycles. The summed E-state index contributed by atoms with van der Waals surface area (Å²) in [6.07, 6.45) is 1.07. The molecule has 0 unspecified atom stereocenters. The zero-order valence-electron chi connectivity index (χ0n) is 18.7. The van der Waals surface area contributed by atoms with Gasteiger partial charge in [-0.1, -0.05) is 19.0 Å². The standard InChI is InChI=1S/C22H25FN4O5S/c1-5-27(12-13(2)3)19-9-7-15(11-18(19)26-33(4,30)31)21-24-20(25-32-21)14-6-8-16(22(28)29)17(23)10-14/h6-11,13,26H,5,12H2,1-4H3,(H,28,29). The second-order valence-corrected chi connectivity index (χ2v) is 9.71. The van der Waals surface area contributed by atoms with Gasteiger partial charge in [-0.15, -0.1) is 0 Å². The molecule has 0 fully saturated rings. The van der Waals surface area contributed by atoms with E-state index in [1.807, 2.05) is 6.92 Å². The second kappa shape index (κ2) is 9.57. The highest BCUT2D eigenvalue weighted by Crippen LogP contribution is 2.33. The van der Waals surface area contributed by atoms with Crippen molar-refractivity contribution in [3.63, 3.8) is 0 Å². The smallest absolute Gasteiger partial charge is 0.338 e. The molecule has 2 aromatic carbocycles. The van der Waals surface area contributed by atoms with Crippen LogP contribution < -0.4 is 9.62 Å². The molecule has 9 nitrogen and oxygen atoms in total. The van der Waals surface area contributed by atoms with Gasteiger partial charge in [0.05, 0.1) is 23.2 Å². The van der Waals surface area contributed by atoms with Gasteiger partial charge in [0.2, 0.25) is 15.8 Å². The Kier molecular flexibility index (Phi) is 7.01. The van der Waals surface area contributed by atoms with E-state index >= 15 is 0 Å². The Morgan fingerprint density at radius 2 is 1.91 bits per heavy atom. The summed E-state index contributed by atoms with van der Waals surface area (Å²) in [5, 5.41) is 12.8. The molecule has 2 N–H and O–H groups in total. The molecule has 0 bridgehead atoms. The van der Waals surface area contributed by atoms with Crippen LogP contribution >= 0.6 is 0 Å². The second-order valence-electron chi connectivity index (χ2n) is 7.96. The molecule has 0 spiro atoms. The summed E-state index contributed by atoms with van der Waals surface area (Å²) < 4.78 is 45.8. The van der Waals surface area contributed by atoms with Gasteiger partial charge < -0.3 is 14.5 Å². The van der Waals surface area contributed by atoms with Crippen LogP contribution in [-0.4, -0.2) is 49.0 Å². The summed E-state index contributed by atoms with van der Waals surface area (Å²) in [5.74, 6) is -1.76. The third-order valence-electron chi connectivity index (χ3n) is 4.73. The van der Waals surface area contributed by atoms with Crippen molar-refractivity contribution in [2.45, 2.75) is 20.8 Å². The molecule has 0 saturated heterocycles. The molecule has 0 aliphatic heterocycles. The number of nitrogens with zero attached hydrogens (tertiary/aromatic N) is 3. The molecule has 0 aliphatic carbocycles. The molecule has 0 aliphatic rings. The van der Waals surface area contributed by atoms with Gasteiger partial charge in [0.1, 0.15) is 5.82 Å². The lowest BCUT2D eigenvalue weighted by molar-refractivity contribution is 0.0692. The minimum Gasteiger partial charge on any atom is -0.478 e. The average molecular weight is 477 g/mol. The van der Waals surface area contributed by atoms with E-state index in [4.69, 9.17) is 9.63 Å². The van der Waals surface area contributed by atoms with E-state index in [2.05, 4.69) is 33.6 Å². The van der Waals surface area contributed by atoms with Crippen LogP contribution in [0.4, 0.5) is 15.8 Å². The van der Waals surface area contributed by atoms with Crippen molar-refractivity contribution in [1.29, 1.82) is 0 Å². The fourth-order valence-corrected chi connectivity index (χ4v) is 3.91. The van der Waals surface area contributed by atoms with E-state index in [9.17, 15) is 17.6 Å². The normalized spacial score (nSPS) is 11.6. The number of sulfonamides is 1. The predicted octanol–water partition coefficient (Wildman–Crippen LogP) is 4.09. The van der Waals surface area contributed by atoms with Crippen LogP contribution in [0.5, 0.6) is 0 Å². The highest BCUT2D eigenvalue weighted by Gasteiger charge is 2.19. The lowest BCUT2D eigenvalue weighted by Crippen LogP contribution is -2.28. The summed E-state index contributed by atoms with van der Waals surface area (Å²) in [4.78, 5) is 17.3. The zero-order chi connectivity index (χ0) is 24.3. The number of carbonyl (C=O) groups is 1. The Bertz CT molecular complexity index is 1270. The molecular formula is C22H25FN4O5S. The lowest BCUT2D eigenvalue weighted by atomic mass is 10.1. The van der Waals surface area contributed by atoms with Crippen molar-refractivity contribution >= 4 is 27.4 Å². The Labute approximate surface area is 191 Å². The first-order chi connectivity index (χ1) is 15.5. The van der Waals surface area contributed by atoms with Crippen LogP contribution in [0.25, 0.3) is 22.8 Å². The molecule has 3 rings (SSSR count). The van der Waals surface area contributed by atoms with Gasteiger partial charge in [-0.25, -0.2) is 17.6 Å². The van der Waals surface area contributed by atoms with Gasteiger partial charge in [0.25, 0.3) is 5.89 Å². The largest absolute Gasteiger partial charge is 0.478 e. The van der Waals surface area contributed by atoms with Crippen molar-refractivity contribution < 1.29 is 27.2 Å². The first kappa shape index (κ1) is 24.2. The molecule has 0 radical (unpaired) electrons. The van der Waals surface area contributed by atoms with Gasteiger partial charge in [-0.2, -0.15) is 4.98 Å². The molecular weight excluding hydrogens is 451 g/mol. The number of aromatic nitrogens is 2. The number of anilines is 2. The molecule has 176 valence electrons. The maximum atomic E-state index is 14.0. The Hall–Kier alpha value is -3.47. The van der Waals surface area contributed by atoms with Crippen molar-refractivity contribution in [1.82, 2.24) is 10.1 Å². The zero-order valence-corrected chi connectivity index (χ0v) is 19.5. The van der Waals surface area contributed by atoms with E-state index < -0.39 is 27.4 Å². The highest BCUT2D eigenvalue weighted by atomic mass is 32.2. The minimum absolute atomic E-state index is 0.0672. The molecule has 1 aromatic heterocycles. The molecule has 0 atom stereocenters. The fraction of sp³-hybridized carbons (Fsp3) is 0.318. The van der Waals surface area contributed by atoms with Crippen molar-refractivity contribution in [3.05, 3.63) is 47.8 Å². The molecule has 33 heavy (non-hydrogen) atoms. The number of halogens is 1. The number of carboxylic acid groups (broad SMARTS) is 1. The third-order valence-corrected chi connectivity index (χ3v) is 5.32. The number of rotatable bonds is 9. The third kappa shape index (κ3) is 5.86. The molecule has 1 heterocycles. The summed E-state index contributed by atoms with van der Waals surface area (Å²) >= 11 is 0. The summed E-state index contributed by atoms with van der Waals surface area (Å²) in [6, 6.07) is 8.64. The quantitative estimate of drug-likeness (QED) is 0.473. The predicted molar refractivity (Wildman–Crippen MR) is 123 cm³/mol. The SMILES string of the molecule is CCN(CC(C)C)c1ccc(-c2nc(-c3ccc(C(=O)O)c(F)c3)no2)cc1NS(C)(=O)=O. The minimum atomic E-state index is -3.56. The van der Waals surface area contributed by atoms with Crippen LogP contribution in [0.2, 0.25) is 0 Å². The van der Waals surface area contributed by atoms with E-state index in [-0.39, 0.29) is 17.3 Å². The summed E-state index contributed by atoms with van der Waals surface area (Å²) in [5.41, 5.74) is 1.33. The summed E-state index contributed by atoms with van der Waals surface area (Å²) in [6.45, 7) is 7.55. The molecule has 3 aromatic rings. The van der Waals surface area contributed by atoms with Crippen molar-refractivity contribution in [2.75, 3.05) is 29.0 Å². The molecule has 11 heteroatoms. The van der Waals surface area contributed by atoms with Crippen LogP contribution in [0.15, 0.2) is 40.9 Å². The number of carboxylic acids is 1. The Morgan fingerprint density at radius 1 is 1.21 bits per heavy atom. The number of hydrogen-bond acceptors (Lipinski definition) is 7. The maximum Gasteiger partial charge on any atom is 0.338 e. The van der Waals surface area contributed by atoms with Gasteiger partial charge in [-0.05, 0) is 49.2 Å². The van der Waals surface area contributed by atoms with Crippen LogP contribution in [-0.2, 0) is 10.0 Å². The van der Waals surface area contributed by atoms with E-state index in [1.54, 1.807) is 18.2 Å². The fourth-order valence-electron chi connectivity index (χ4n) is 3.35. The van der Waals surface area contributed by atoms with Gasteiger partial charge in [-0.3, -0.25) is 4.72 Å². The summed E-state index contributed by atoms with van der Waals surface area (Å²) in [7, 11) is -3.56. The van der Waals surface area contributed by atoms with E-state index in [1.165, 1.54) is 6.07 Å². The first-order valence-corrected chi connectivity index (χ1v) is 12.1. The van der Waals surface area contributed by atoms with E-state index in [0.717, 1.165) is 24.9 Å². The number of benzene rings is 2. The number of nitrogens with one attached hydrogen (secondary N) is 1. The lowest BCUT2D eigenvalue weighted by Gasteiger charge is -2.27. The number of hydrogen-bond donors (Lipinski definition) is 2. The van der Waals surface area contributed by atoms with Crippen molar-refractivity contribution in [3.8, 4) is 22.8 Å². The van der Waals surface area contributed by atoms with Gasteiger partial charge >= 0.3 is 5.97 Å². The van der Waals surface area contributed by atoms with Crippen molar-refractivity contribution in [2.24, 2.45) is 5.92 Å². The van der Waals surface area contributed by atoms with E-state index in [0.29, 0.717) is 29.4 Å². The van der Waals surface area contributed by atoms with Crippen LogP contribution in [0, 0.1) is 11.7 Å². The maximum absolute atomic E-state index is 14.0. The topological polar surface area (TPSA) is 126 Å². The Balaban J connectivity index is 2.00. The van der Waals surface area contributed by atoms with Crippen LogP contribution in [0.3, 0.4) is 0 Å². The monoisotopic (exact) mass is 476 g/mol. The average Bonchev–Trinajstić information content (AvgIpc) is 3.21. The molecule has 0 amide bonds. The van der Waals surface area contributed by atoms with Crippen LogP contribution in [0.1, 0.15) is 31.1 Å². The Morgan fingerprint density at radius 3 is 2.48 bits per heavy atom. The van der Waals surface area contributed by atoms with Gasteiger partial charge in [0, 0.05) is 24.2 Å². The number of aromatic carboxylic acids is 1. The van der Waals surface area contributed by atoms with Gasteiger partial charge in [0.15, 0.2) is 0 Å². The highest BCUT2D eigenvalue weighted by molar-refractivity contribution is 7.92.